The molecule has 0 radical (unpaired) electrons. The van der Waals surface area contributed by atoms with E-state index in [4.69, 9.17) is 24.1 Å². The maximum atomic E-state index is 13.7. The summed E-state index contributed by atoms with van der Waals surface area (Å²) >= 11 is 1.57. The van der Waals surface area contributed by atoms with Crippen molar-refractivity contribution in [2.24, 2.45) is 5.41 Å². The van der Waals surface area contributed by atoms with Crippen LogP contribution < -0.4 is 10.6 Å². The second-order valence-corrected chi connectivity index (χ2v) is 13.0. The van der Waals surface area contributed by atoms with Gasteiger partial charge in [-0.2, -0.15) is 0 Å². The zero-order valence-electron chi connectivity index (χ0n) is 27.4. The third-order valence-corrected chi connectivity index (χ3v) is 8.26. The highest BCUT2D eigenvalue weighted by atomic mass is 32.1. The fourth-order valence-corrected chi connectivity index (χ4v) is 5.68. The number of β-amino-alcohol motifs (C(OH)–C–C–N with tert-alkyl or cyclic N) is 1. The van der Waals surface area contributed by atoms with Gasteiger partial charge >= 0.3 is 5.97 Å². The van der Waals surface area contributed by atoms with Crippen LogP contribution in [0.4, 0.5) is 0 Å². The summed E-state index contributed by atoms with van der Waals surface area (Å²) in [5.74, 6) is -2.37. The molecule has 2 aromatic rings. The molecule has 14 nitrogen and oxygen atoms in total. The second-order valence-electron chi connectivity index (χ2n) is 12.2. The van der Waals surface area contributed by atoms with Crippen LogP contribution in [-0.4, -0.2) is 121 Å². The second kappa shape index (κ2) is 18.8. The van der Waals surface area contributed by atoms with Gasteiger partial charge in [-0.3, -0.25) is 14.4 Å². The topological polar surface area (TPSA) is 186 Å². The van der Waals surface area contributed by atoms with Crippen LogP contribution in [0.1, 0.15) is 38.4 Å². The number of aliphatic carboxylic acids is 1. The number of carboxylic acid groups (broad SMARTS) is 1. The number of nitrogens with one attached hydrogen (secondary N) is 2. The minimum absolute atomic E-state index is 0.0187. The highest BCUT2D eigenvalue weighted by Crippen LogP contribution is 2.28. The van der Waals surface area contributed by atoms with Gasteiger partial charge in [-0.15, -0.1) is 11.3 Å². The first-order chi connectivity index (χ1) is 22.4. The molecule has 0 aliphatic carbocycles. The van der Waals surface area contributed by atoms with Crippen molar-refractivity contribution in [3.63, 3.8) is 0 Å². The number of aliphatic hydroxyl groups excluding tert-OH is 1. The molecule has 3 rings (SSSR count). The summed E-state index contributed by atoms with van der Waals surface area (Å²) < 4.78 is 20.9. The molecule has 0 unspecified atom stereocenters. The number of hydrogen-bond acceptors (Lipinski definition) is 11. The number of aromatic nitrogens is 1. The van der Waals surface area contributed by atoms with Crippen LogP contribution in [0.15, 0.2) is 29.8 Å². The molecule has 0 spiro atoms. The fourth-order valence-electron chi connectivity index (χ4n) is 4.87. The molecule has 1 saturated heterocycles. The lowest BCUT2D eigenvalue weighted by atomic mass is 9.85. The number of amides is 3. The Hall–Kier alpha value is -3.47. The maximum absolute atomic E-state index is 13.7. The number of nitrogens with zero attached hydrogens (tertiary/aromatic N) is 2. The van der Waals surface area contributed by atoms with Gasteiger partial charge in [0.2, 0.25) is 17.7 Å². The Balaban J connectivity index is 1.43. The van der Waals surface area contributed by atoms with Gasteiger partial charge in [0.1, 0.15) is 25.3 Å². The molecule has 3 amide bonds. The summed E-state index contributed by atoms with van der Waals surface area (Å²) in [7, 11) is 0. The Morgan fingerprint density at radius 2 is 1.57 bits per heavy atom. The Kier molecular flexibility index (Phi) is 15.2. The molecule has 1 aromatic heterocycles. The van der Waals surface area contributed by atoms with Crippen molar-refractivity contribution in [3.05, 3.63) is 41.0 Å². The standard InChI is InChI=1S/C32H46N4O10S/c1-21-28(47-20-34-21)23-7-5-22(6-8-23)16-33-30(41)25-15-24(37)17-36(25)31(42)29(32(2,3)4)35-26(38)18-45-13-11-43-9-10-44-12-14-46-19-27(39)40/h5-8,20,24-25,29,37H,9-19H2,1-4H3,(H,33,41)(H,35,38)(H,39,40)/t24-,25+,29-/m1/s1. The number of aliphatic hydroxyl groups is 1. The summed E-state index contributed by atoms with van der Waals surface area (Å²) in [6.07, 6.45) is -0.773. The molecule has 2 heterocycles. The van der Waals surface area contributed by atoms with Gasteiger partial charge in [0.25, 0.3) is 0 Å². The van der Waals surface area contributed by atoms with Gasteiger partial charge < -0.3 is 44.7 Å². The molecule has 260 valence electrons. The SMILES string of the molecule is Cc1ncsc1-c1ccc(CNC(=O)[C@@H]2C[C@@H](O)CN2C(=O)[C@@H](NC(=O)COCCOCCOCCOCC(=O)O)C(C)(C)C)cc1. The minimum Gasteiger partial charge on any atom is -0.480 e. The van der Waals surface area contributed by atoms with Gasteiger partial charge in [-0.1, -0.05) is 45.0 Å². The van der Waals surface area contributed by atoms with Crippen LogP contribution >= 0.6 is 11.3 Å². The number of carbonyl (C=O) groups is 4. The summed E-state index contributed by atoms with van der Waals surface area (Å²) in [5.41, 5.74) is 4.01. The molecular formula is C32H46N4O10S. The normalized spacial score (nSPS) is 17.0. The largest absolute Gasteiger partial charge is 0.480 e. The lowest BCUT2D eigenvalue weighted by Crippen LogP contribution is -2.58. The van der Waals surface area contributed by atoms with Crippen molar-refractivity contribution in [3.8, 4) is 10.4 Å². The van der Waals surface area contributed by atoms with Crippen molar-refractivity contribution in [1.29, 1.82) is 0 Å². The minimum atomic E-state index is -1.04. The van der Waals surface area contributed by atoms with E-state index < -0.39 is 41.4 Å². The van der Waals surface area contributed by atoms with E-state index >= 15 is 0 Å². The van der Waals surface area contributed by atoms with Gasteiger partial charge in [0.05, 0.1) is 61.8 Å². The Morgan fingerprint density at radius 1 is 0.979 bits per heavy atom. The number of aryl methyl sites for hydroxylation is 1. The highest BCUT2D eigenvalue weighted by molar-refractivity contribution is 7.13. The summed E-state index contributed by atoms with van der Waals surface area (Å²) in [5, 5.41) is 24.5. The summed E-state index contributed by atoms with van der Waals surface area (Å²) in [4.78, 5) is 56.8. The van der Waals surface area contributed by atoms with E-state index in [9.17, 15) is 24.3 Å². The molecule has 15 heteroatoms. The summed E-state index contributed by atoms with van der Waals surface area (Å²) in [6, 6.07) is 5.98. The molecule has 0 saturated carbocycles. The van der Waals surface area contributed by atoms with E-state index in [-0.39, 0.29) is 78.3 Å². The van der Waals surface area contributed by atoms with E-state index in [0.717, 1.165) is 21.7 Å². The number of likely N-dealkylation sites (tertiary alicyclic amines) is 1. The van der Waals surface area contributed by atoms with Crippen molar-refractivity contribution >= 4 is 35.0 Å². The predicted octanol–water partition coefficient (Wildman–Crippen LogP) is 1.38. The van der Waals surface area contributed by atoms with E-state index in [1.54, 1.807) is 16.8 Å². The molecule has 1 aromatic carbocycles. The number of benzene rings is 1. The Morgan fingerprint density at radius 3 is 2.13 bits per heavy atom. The first-order valence-corrected chi connectivity index (χ1v) is 16.3. The monoisotopic (exact) mass is 678 g/mol. The van der Waals surface area contributed by atoms with Crippen molar-refractivity contribution in [1.82, 2.24) is 20.5 Å². The highest BCUT2D eigenvalue weighted by Gasteiger charge is 2.44. The number of thiazole rings is 1. The van der Waals surface area contributed by atoms with Crippen molar-refractivity contribution < 1.29 is 48.3 Å². The third-order valence-electron chi connectivity index (χ3n) is 7.29. The van der Waals surface area contributed by atoms with Gasteiger partial charge in [-0.25, -0.2) is 9.78 Å². The first kappa shape index (κ1) is 38.0. The molecule has 47 heavy (non-hydrogen) atoms. The zero-order valence-corrected chi connectivity index (χ0v) is 28.2. The Bertz CT molecular complexity index is 1310. The predicted molar refractivity (Wildman–Crippen MR) is 173 cm³/mol. The average molecular weight is 679 g/mol. The van der Waals surface area contributed by atoms with Crippen molar-refractivity contribution in [2.75, 3.05) is 59.4 Å². The lowest BCUT2D eigenvalue weighted by molar-refractivity contribution is -0.144. The van der Waals surface area contributed by atoms with Gasteiger partial charge in [-0.05, 0) is 23.5 Å². The lowest BCUT2D eigenvalue weighted by Gasteiger charge is -2.35. The molecule has 0 bridgehead atoms. The van der Waals surface area contributed by atoms with Gasteiger partial charge in [0, 0.05) is 19.5 Å². The van der Waals surface area contributed by atoms with Crippen LogP contribution in [0.5, 0.6) is 0 Å². The Labute approximate surface area is 278 Å². The van der Waals surface area contributed by atoms with Crippen molar-refractivity contribution in [2.45, 2.75) is 58.8 Å². The molecule has 1 aliphatic heterocycles. The maximum Gasteiger partial charge on any atom is 0.329 e. The molecule has 1 aliphatic rings. The number of carbonyl (C=O) groups excluding carboxylic acids is 3. The van der Waals surface area contributed by atoms with E-state index in [1.165, 1.54) is 4.90 Å². The third kappa shape index (κ3) is 12.6. The first-order valence-electron chi connectivity index (χ1n) is 15.4. The fraction of sp³-hybridized carbons (Fsp3) is 0.594. The molecular weight excluding hydrogens is 632 g/mol. The molecule has 4 N–H and O–H groups in total. The van der Waals surface area contributed by atoms with Crippen LogP contribution in [-0.2, 0) is 44.7 Å². The number of hydrogen-bond donors (Lipinski definition) is 4. The average Bonchev–Trinajstić information content (AvgIpc) is 3.63. The van der Waals surface area contributed by atoms with Crippen LogP contribution in [0, 0.1) is 12.3 Å². The summed E-state index contributed by atoms with van der Waals surface area (Å²) in [6.45, 7) is 8.28. The smallest absolute Gasteiger partial charge is 0.329 e. The quantitative estimate of drug-likeness (QED) is 0.157. The van der Waals surface area contributed by atoms with Crippen LogP contribution in [0.3, 0.4) is 0 Å². The number of carboxylic acids is 1. The number of rotatable bonds is 19. The number of ether oxygens (including phenoxy) is 4. The van der Waals surface area contributed by atoms with E-state index in [0.29, 0.717) is 0 Å². The van der Waals surface area contributed by atoms with Crippen LogP contribution in [0.2, 0.25) is 0 Å². The van der Waals surface area contributed by atoms with Crippen LogP contribution in [0.25, 0.3) is 10.4 Å². The van der Waals surface area contributed by atoms with E-state index in [2.05, 4.69) is 15.6 Å². The zero-order chi connectivity index (χ0) is 34.4. The molecule has 1 fully saturated rings. The molecule has 3 atom stereocenters. The van der Waals surface area contributed by atoms with Gasteiger partial charge in [0.15, 0.2) is 0 Å². The van der Waals surface area contributed by atoms with E-state index in [1.807, 2.05) is 52.0 Å².